The van der Waals surface area contributed by atoms with Crippen LogP contribution < -0.4 is 4.74 Å². The van der Waals surface area contributed by atoms with E-state index in [0.717, 1.165) is 48.3 Å². The molecule has 0 bridgehead atoms. The fraction of sp³-hybridized carbons (Fsp3) is 0.417. The number of oxime groups is 1. The first-order valence-electron chi connectivity index (χ1n) is 10.5. The van der Waals surface area contributed by atoms with E-state index in [-0.39, 0.29) is 17.9 Å². The number of halogens is 1. The summed E-state index contributed by atoms with van der Waals surface area (Å²) in [5.74, 6) is 1.14. The Balaban J connectivity index is 1.44. The number of rotatable bonds is 7. The molecule has 0 unspecified atom stereocenters. The lowest BCUT2D eigenvalue weighted by Gasteiger charge is -2.27. The Morgan fingerprint density at radius 1 is 1.20 bits per heavy atom. The summed E-state index contributed by atoms with van der Waals surface area (Å²) < 4.78 is 5.22. The normalized spacial score (nSPS) is 18.7. The van der Waals surface area contributed by atoms with Crippen LogP contribution in [-0.2, 0) is 16.2 Å². The molecular formula is C24H27ClN2O3. The second-order valence-electron chi connectivity index (χ2n) is 8.03. The van der Waals surface area contributed by atoms with E-state index in [1.54, 1.807) is 7.11 Å². The molecular weight excluding hydrogens is 400 g/mol. The summed E-state index contributed by atoms with van der Waals surface area (Å²) in [7, 11) is 1.65. The summed E-state index contributed by atoms with van der Waals surface area (Å²) >= 11 is 6.16. The van der Waals surface area contributed by atoms with E-state index in [2.05, 4.69) is 5.16 Å². The third-order valence-corrected chi connectivity index (χ3v) is 6.09. The zero-order valence-electron chi connectivity index (χ0n) is 17.2. The molecule has 1 atom stereocenters. The molecule has 1 heterocycles. The highest BCUT2D eigenvalue weighted by molar-refractivity contribution is 6.30. The van der Waals surface area contributed by atoms with Gasteiger partial charge in [-0.05, 0) is 60.4 Å². The van der Waals surface area contributed by atoms with Gasteiger partial charge >= 0.3 is 0 Å². The summed E-state index contributed by atoms with van der Waals surface area (Å²) in [4.78, 5) is 20.9. The molecule has 1 fully saturated rings. The Bertz CT molecular complexity index is 907. The molecule has 1 aliphatic carbocycles. The Hall–Kier alpha value is -2.53. The maximum Gasteiger partial charge on any atom is 0.226 e. The molecule has 4 rings (SSSR count). The number of hydrogen-bond acceptors (Lipinski definition) is 4. The number of nitrogens with zero attached hydrogens (tertiary/aromatic N) is 2. The molecule has 0 N–H and O–H groups in total. The van der Waals surface area contributed by atoms with Crippen molar-refractivity contribution in [1.82, 2.24) is 4.90 Å². The predicted molar refractivity (Wildman–Crippen MR) is 118 cm³/mol. The van der Waals surface area contributed by atoms with Crippen LogP contribution in [0.4, 0.5) is 0 Å². The maximum atomic E-state index is 13.2. The van der Waals surface area contributed by atoms with E-state index < -0.39 is 0 Å². The van der Waals surface area contributed by atoms with Gasteiger partial charge in [-0.3, -0.25) is 4.79 Å². The van der Waals surface area contributed by atoms with Crippen LogP contribution in [0, 0.1) is 5.92 Å². The van der Waals surface area contributed by atoms with Crippen molar-refractivity contribution < 1.29 is 14.4 Å². The zero-order valence-corrected chi connectivity index (χ0v) is 18.0. The topological polar surface area (TPSA) is 51.1 Å². The van der Waals surface area contributed by atoms with Crippen molar-refractivity contribution in [3.05, 3.63) is 64.7 Å². The molecule has 1 aliphatic heterocycles. The lowest BCUT2D eigenvalue weighted by molar-refractivity contribution is -0.137. The first-order chi connectivity index (χ1) is 14.6. The number of carbonyl (C=O) groups is 1. The molecule has 6 heteroatoms. The van der Waals surface area contributed by atoms with Crippen LogP contribution >= 0.6 is 11.6 Å². The van der Waals surface area contributed by atoms with Gasteiger partial charge in [-0.1, -0.05) is 41.7 Å². The number of ether oxygens (including phenoxy) is 1. The Morgan fingerprint density at radius 3 is 2.67 bits per heavy atom. The molecule has 2 aromatic rings. The Morgan fingerprint density at radius 2 is 1.97 bits per heavy atom. The number of carbonyl (C=O) groups excluding carboxylic acids is 1. The highest BCUT2D eigenvalue weighted by Crippen LogP contribution is 2.28. The highest BCUT2D eigenvalue weighted by atomic mass is 35.5. The quantitative estimate of drug-likeness (QED) is 0.621. The lowest BCUT2D eigenvalue weighted by Crippen LogP contribution is -2.40. The smallest absolute Gasteiger partial charge is 0.226 e. The van der Waals surface area contributed by atoms with Gasteiger partial charge in [-0.2, -0.15) is 0 Å². The van der Waals surface area contributed by atoms with Crippen molar-refractivity contribution in [1.29, 1.82) is 0 Å². The Labute approximate surface area is 182 Å². The van der Waals surface area contributed by atoms with Gasteiger partial charge in [0.05, 0.1) is 19.4 Å². The molecule has 0 saturated heterocycles. The minimum atomic E-state index is -0.147. The summed E-state index contributed by atoms with van der Waals surface area (Å²) in [5.41, 5.74) is 2.95. The fourth-order valence-corrected chi connectivity index (χ4v) is 4.46. The third-order valence-electron chi connectivity index (χ3n) is 5.86. The second-order valence-corrected chi connectivity index (χ2v) is 8.46. The van der Waals surface area contributed by atoms with Crippen LogP contribution in [-0.4, -0.2) is 36.3 Å². The van der Waals surface area contributed by atoms with Crippen LogP contribution in [0.5, 0.6) is 5.75 Å². The molecule has 5 nitrogen and oxygen atoms in total. The first-order valence-corrected chi connectivity index (χ1v) is 10.9. The Kier molecular flexibility index (Phi) is 6.58. The van der Waals surface area contributed by atoms with Gasteiger partial charge in [0.25, 0.3) is 0 Å². The standard InChI is InChI=1S/C24H27ClN2O3/c1-29-21-11-9-18(10-12-21)23-14-22(30-26-23)16-27(24(28)19-6-2-3-7-19)15-17-5-4-8-20(25)13-17/h4-5,8-13,19,22H,2-3,6-7,14-16H2,1H3/t22-/m0/s1. The minimum absolute atomic E-state index is 0.118. The minimum Gasteiger partial charge on any atom is -0.497 e. The van der Waals surface area contributed by atoms with Gasteiger partial charge in [0.1, 0.15) is 5.75 Å². The van der Waals surface area contributed by atoms with E-state index in [9.17, 15) is 4.79 Å². The predicted octanol–water partition coefficient (Wildman–Crippen LogP) is 5.06. The van der Waals surface area contributed by atoms with Crippen LogP contribution in [0.15, 0.2) is 53.7 Å². The van der Waals surface area contributed by atoms with Crippen molar-refractivity contribution in [2.45, 2.75) is 44.8 Å². The van der Waals surface area contributed by atoms with Gasteiger partial charge in [-0.25, -0.2) is 0 Å². The number of hydrogen-bond donors (Lipinski definition) is 0. The molecule has 158 valence electrons. The van der Waals surface area contributed by atoms with E-state index in [0.29, 0.717) is 24.5 Å². The molecule has 2 aromatic carbocycles. The van der Waals surface area contributed by atoms with E-state index in [4.69, 9.17) is 21.2 Å². The van der Waals surface area contributed by atoms with Gasteiger partial charge in [-0.15, -0.1) is 0 Å². The molecule has 0 spiro atoms. The third kappa shape index (κ3) is 4.96. The van der Waals surface area contributed by atoms with E-state index in [1.165, 1.54) is 0 Å². The summed E-state index contributed by atoms with van der Waals surface area (Å²) in [6, 6.07) is 15.5. The molecule has 1 saturated carbocycles. The van der Waals surface area contributed by atoms with Gasteiger partial charge in [0.15, 0.2) is 6.10 Å². The van der Waals surface area contributed by atoms with Crippen LogP contribution in [0.2, 0.25) is 5.02 Å². The van der Waals surface area contributed by atoms with Crippen molar-refractivity contribution in [2.75, 3.05) is 13.7 Å². The van der Waals surface area contributed by atoms with Crippen molar-refractivity contribution in [2.24, 2.45) is 11.1 Å². The van der Waals surface area contributed by atoms with Crippen LogP contribution in [0.25, 0.3) is 0 Å². The second kappa shape index (κ2) is 9.52. The van der Waals surface area contributed by atoms with E-state index in [1.807, 2.05) is 53.4 Å². The maximum absolute atomic E-state index is 13.2. The molecule has 2 aliphatic rings. The first kappa shape index (κ1) is 20.7. The number of benzene rings is 2. The monoisotopic (exact) mass is 426 g/mol. The molecule has 30 heavy (non-hydrogen) atoms. The van der Waals surface area contributed by atoms with Crippen LogP contribution in [0.1, 0.15) is 43.2 Å². The van der Waals surface area contributed by atoms with Gasteiger partial charge in [0, 0.05) is 23.9 Å². The zero-order chi connectivity index (χ0) is 20.9. The average molecular weight is 427 g/mol. The van der Waals surface area contributed by atoms with Crippen molar-refractivity contribution in [3.63, 3.8) is 0 Å². The lowest BCUT2D eigenvalue weighted by atomic mass is 10.0. The van der Waals surface area contributed by atoms with Gasteiger partial charge < -0.3 is 14.5 Å². The summed E-state index contributed by atoms with van der Waals surface area (Å²) in [5, 5.41) is 4.97. The number of methoxy groups -OCH3 is 1. The van der Waals surface area contributed by atoms with Crippen molar-refractivity contribution in [3.8, 4) is 5.75 Å². The van der Waals surface area contributed by atoms with Crippen molar-refractivity contribution >= 4 is 23.2 Å². The summed E-state index contributed by atoms with van der Waals surface area (Å²) in [6.07, 6.45) is 4.74. The summed E-state index contributed by atoms with van der Waals surface area (Å²) in [6.45, 7) is 1.05. The average Bonchev–Trinajstić information content (AvgIpc) is 3.45. The van der Waals surface area contributed by atoms with Crippen LogP contribution in [0.3, 0.4) is 0 Å². The largest absolute Gasteiger partial charge is 0.497 e. The SMILES string of the molecule is COc1ccc(C2=NO[C@H](CN(Cc3cccc(Cl)c3)C(=O)C3CCCC3)C2)cc1. The number of amides is 1. The molecule has 0 aromatic heterocycles. The van der Waals surface area contributed by atoms with Gasteiger partial charge in [0.2, 0.25) is 5.91 Å². The molecule has 0 radical (unpaired) electrons. The highest BCUT2D eigenvalue weighted by Gasteiger charge is 2.31. The fourth-order valence-electron chi connectivity index (χ4n) is 4.25. The molecule has 1 amide bonds. The van der Waals surface area contributed by atoms with E-state index >= 15 is 0 Å².